The predicted octanol–water partition coefficient (Wildman–Crippen LogP) is 0.260. The molecule has 7 nitrogen and oxygen atoms in total. The van der Waals surface area contributed by atoms with E-state index in [1.807, 2.05) is 0 Å². The molecule has 0 bridgehead atoms. The number of aromatic nitrogens is 3. The first-order valence-electron chi connectivity index (χ1n) is 6.40. The first-order valence-corrected chi connectivity index (χ1v) is 6.40. The monoisotopic (exact) mass is 268 g/mol. The average molecular weight is 268 g/mol. The van der Waals surface area contributed by atoms with Gasteiger partial charge in [-0.2, -0.15) is 0 Å². The van der Waals surface area contributed by atoms with Crippen molar-refractivity contribution >= 4 is 5.97 Å². The molecule has 0 amide bonds. The van der Waals surface area contributed by atoms with Crippen molar-refractivity contribution in [2.24, 2.45) is 0 Å². The van der Waals surface area contributed by atoms with Crippen LogP contribution in [-0.4, -0.2) is 45.3 Å². The van der Waals surface area contributed by atoms with Crippen molar-refractivity contribution in [3.8, 4) is 0 Å². The van der Waals surface area contributed by atoms with Gasteiger partial charge in [0.1, 0.15) is 0 Å². The summed E-state index contributed by atoms with van der Waals surface area (Å²) in [4.78, 5) is 11.7. The first-order chi connectivity index (χ1) is 8.92. The summed E-state index contributed by atoms with van der Waals surface area (Å²) in [6, 6.07) is 0.0337. The Morgan fingerprint density at radius 2 is 2.37 bits per heavy atom. The minimum atomic E-state index is -0.922. The Labute approximate surface area is 111 Å². The molecule has 2 heterocycles. The predicted molar refractivity (Wildman–Crippen MR) is 67.6 cm³/mol. The largest absolute Gasteiger partial charge is 0.464 e. The van der Waals surface area contributed by atoms with Gasteiger partial charge < -0.3 is 15.2 Å². The van der Waals surface area contributed by atoms with Gasteiger partial charge in [-0.15, -0.1) is 5.10 Å². The summed E-state index contributed by atoms with van der Waals surface area (Å²) in [6.45, 7) is 4.57. The van der Waals surface area contributed by atoms with Gasteiger partial charge in [-0.1, -0.05) is 5.21 Å². The molecule has 1 aromatic rings. The molecule has 2 rings (SSSR count). The van der Waals surface area contributed by atoms with Crippen molar-refractivity contribution in [2.45, 2.75) is 44.9 Å². The molecule has 7 heteroatoms. The van der Waals surface area contributed by atoms with Crippen LogP contribution in [0.2, 0.25) is 0 Å². The van der Waals surface area contributed by atoms with E-state index in [1.165, 1.54) is 7.11 Å². The summed E-state index contributed by atoms with van der Waals surface area (Å²) in [5, 5.41) is 21.1. The number of ether oxygens (including phenoxy) is 1. The number of aliphatic hydroxyl groups is 1. The quantitative estimate of drug-likeness (QED) is 0.761. The molecule has 2 N–H and O–H groups in total. The number of carbonyl (C=O) groups excluding carboxylic acids is 1. The summed E-state index contributed by atoms with van der Waals surface area (Å²) in [5.74, 6) is -0.495. The number of esters is 1. The highest BCUT2D eigenvalue weighted by atomic mass is 16.5. The number of hydrogen-bond acceptors (Lipinski definition) is 6. The van der Waals surface area contributed by atoms with Crippen LogP contribution in [0.1, 0.15) is 48.9 Å². The molecule has 1 aliphatic heterocycles. The van der Waals surface area contributed by atoms with Gasteiger partial charge in [0.05, 0.1) is 31.0 Å². The summed E-state index contributed by atoms with van der Waals surface area (Å²) in [5.41, 5.74) is 0.00618. The lowest BCUT2D eigenvalue weighted by atomic mass is 10.1. The molecule has 106 valence electrons. The zero-order valence-electron chi connectivity index (χ0n) is 11.5. The van der Waals surface area contributed by atoms with Gasteiger partial charge >= 0.3 is 5.97 Å². The van der Waals surface area contributed by atoms with Gasteiger partial charge in [-0.25, -0.2) is 9.48 Å². The molecule has 1 saturated heterocycles. The maximum absolute atomic E-state index is 11.7. The summed E-state index contributed by atoms with van der Waals surface area (Å²) in [7, 11) is 1.32. The van der Waals surface area contributed by atoms with Crippen molar-refractivity contribution < 1.29 is 14.6 Å². The number of rotatable bonds is 4. The summed E-state index contributed by atoms with van der Waals surface area (Å²) < 4.78 is 6.33. The molecule has 0 spiro atoms. The molecular formula is C12H20N4O3. The average Bonchev–Trinajstić information content (AvgIpc) is 2.94. The minimum absolute atomic E-state index is 0.0337. The molecule has 0 aromatic carbocycles. The Kier molecular flexibility index (Phi) is 3.86. The van der Waals surface area contributed by atoms with Crippen LogP contribution in [-0.2, 0) is 11.3 Å². The summed E-state index contributed by atoms with van der Waals surface area (Å²) >= 11 is 0. The molecule has 19 heavy (non-hydrogen) atoms. The maximum atomic E-state index is 11.7. The van der Waals surface area contributed by atoms with Crippen LogP contribution in [0.15, 0.2) is 0 Å². The fraction of sp³-hybridized carbons (Fsp3) is 0.750. The number of nitrogens with one attached hydrogen (secondary N) is 1. The fourth-order valence-electron chi connectivity index (χ4n) is 2.31. The van der Waals surface area contributed by atoms with Crippen molar-refractivity contribution in [1.82, 2.24) is 20.3 Å². The normalized spacial score (nSPS) is 19.7. The Balaban J connectivity index is 2.37. The lowest BCUT2D eigenvalue weighted by Gasteiger charge is -2.20. The maximum Gasteiger partial charge on any atom is 0.360 e. The van der Waals surface area contributed by atoms with Crippen LogP contribution < -0.4 is 5.32 Å². The van der Waals surface area contributed by atoms with Crippen molar-refractivity contribution in [2.75, 3.05) is 13.7 Å². The van der Waals surface area contributed by atoms with Gasteiger partial charge in [0.25, 0.3) is 0 Å². The topological polar surface area (TPSA) is 89.3 Å². The lowest BCUT2D eigenvalue weighted by Crippen LogP contribution is -2.30. The van der Waals surface area contributed by atoms with Crippen molar-refractivity contribution in [1.29, 1.82) is 0 Å². The lowest BCUT2D eigenvalue weighted by molar-refractivity contribution is 0.0547. The van der Waals surface area contributed by atoms with E-state index in [4.69, 9.17) is 4.74 Å². The van der Waals surface area contributed by atoms with E-state index >= 15 is 0 Å². The highest BCUT2D eigenvalue weighted by Gasteiger charge is 2.30. The van der Waals surface area contributed by atoms with Crippen molar-refractivity contribution in [3.05, 3.63) is 11.4 Å². The van der Waals surface area contributed by atoms with E-state index in [2.05, 4.69) is 15.6 Å². The van der Waals surface area contributed by atoms with Gasteiger partial charge in [0.15, 0.2) is 5.69 Å². The van der Waals surface area contributed by atoms with Crippen LogP contribution in [0.4, 0.5) is 0 Å². The third kappa shape index (κ3) is 3.10. The van der Waals surface area contributed by atoms with Crippen LogP contribution >= 0.6 is 0 Å². The Morgan fingerprint density at radius 3 is 2.89 bits per heavy atom. The second-order valence-corrected chi connectivity index (χ2v) is 5.43. The molecule has 0 radical (unpaired) electrons. The molecular weight excluding hydrogens is 248 g/mol. The van der Waals surface area contributed by atoms with E-state index in [0.717, 1.165) is 19.4 Å². The van der Waals surface area contributed by atoms with Crippen LogP contribution in [0, 0.1) is 0 Å². The SMILES string of the molecule is COC(=O)c1nnn(CC(C)(C)O)c1C1CCCN1. The van der Waals surface area contributed by atoms with Gasteiger partial charge in [0, 0.05) is 0 Å². The first kappa shape index (κ1) is 14.0. The minimum Gasteiger partial charge on any atom is -0.464 e. The van der Waals surface area contributed by atoms with E-state index in [9.17, 15) is 9.90 Å². The third-order valence-corrected chi connectivity index (χ3v) is 3.08. The second kappa shape index (κ2) is 5.26. The van der Waals surface area contributed by atoms with Crippen molar-refractivity contribution in [3.63, 3.8) is 0 Å². The Morgan fingerprint density at radius 1 is 1.63 bits per heavy atom. The van der Waals surface area contributed by atoms with Gasteiger partial charge in [-0.3, -0.25) is 0 Å². The van der Waals surface area contributed by atoms with E-state index in [1.54, 1.807) is 18.5 Å². The number of nitrogens with zero attached hydrogens (tertiary/aromatic N) is 3. The fourth-order valence-corrected chi connectivity index (χ4v) is 2.31. The highest BCUT2D eigenvalue weighted by molar-refractivity contribution is 5.88. The molecule has 1 aromatic heterocycles. The number of methoxy groups -OCH3 is 1. The van der Waals surface area contributed by atoms with Gasteiger partial charge in [0.2, 0.25) is 0 Å². The van der Waals surface area contributed by atoms with Gasteiger partial charge in [-0.05, 0) is 33.2 Å². The highest BCUT2D eigenvalue weighted by Crippen LogP contribution is 2.26. The molecule has 0 saturated carbocycles. The summed E-state index contributed by atoms with van der Waals surface area (Å²) in [6.07, 6.45) is 1.96. The smallest absolute Gasteiger partial charge is 0.360 e. The second-order valence-electron chi connectivity index (χ2n) is 5.43. The molecule has 0 aliphatic carbocycles. The van der Waals surface area contributed by atoms with E-state index in [-0.39, 0.29) is 18.3 Å². The number of hydrogen-bond donors (Lipinski definition) is 2. The number of carbonyl (C=O) groups is 1. The molecule has 1 fully saturated rings. The Bertz CT molecular complexity index is 458. The Hall–Kier alpha value is -1.47. The molecule has 1 aliphatic rings. The molecule has 1 atom stereocenters. The standard InChI is InChI=1S/C12H20N4O3/c1-12(2,18)7-16-10(8-5-4-6-13-8)9(14-15-16)11(17)19-3/h8,13,18H,4-7H2,1-3H3. The van der Waals surface area contributed by atoms with Crippen LogP contribution in [0.3, 0.4) is 0 Å². The third-order valence-electron chi connectivity index (χ3n) is 3.08. The zero-order chi connectivity index (χ0) is 14.0. The van der Waals surface area contributed by atoms with Crippen LogP contribution in [0.5, 0.6) is 0 Å². The van der Waals surface area contributed by atoms with E-state index < -0.39 is 11.6 Å². The molecule has 1 unspecified atom stereocenters. The van der Waals surface area contributed by atoms with Crippen LogP contribution in [0.25, 0.3) is 0 Å². The zero-order valence-corrected chi connectivity index (χ0v) is 11.5. The van der Waals surface area contributed by atoms with E-state index in [0.29, 0.717) is 5.69 Å².